The van der Waals surface area contributed by atoms with Crippen molar-refractivity contribution in [3.63, 3.8) is 0 Å². The molecule has 2 fully saturated rings. The summed E-state index contributed by atoms with van der Waals surface area (Å²) in [4.78, 5) is 21.9. The van der Waals surface area contributed by atoms with Crippen molar-refractivity contribution in [3.05, 3.63) is 11.9 Å². The molecule has 1 aromatic rings. The van der Waals surface area contributed by atoms with Crippen molar-refractivity contribution in [1.29, 1.82) is 0 Å². The Balaban J connectivity index is 1.84. The number of nitrogens with zero attached hydrogens (tertiary/aromatic N) is 4. The smallest absolute Gasteiger partial charge is 0.384 e. The molecule has 0 spiro atoms. The monoisotopic (exact) mass is 301 g/mol. The van der Waals surface area contributed by atoms with E-state index in [1.54, 1.807) is 9.80 Å². The maximum atomic E-state index is 12.7. The van der Waals surface area contributed by atoms with Crippen LogP contribution in [0.5, 0.6) is 0 Å². The average Bonchev–Trinajstić information content (AvgIpc) is 2.78. The van der Waals surface area contributed by atoms with Crippen LogP contribution in [-0.4, -0.2) is 46.5 Å². The molecular formula is C12H14F3N5O. The van der Waals surface area contributed by atoms with Crippen molar-refractivity contribution < 1.29 is 18.0 Å². The van der Waals surface area contributed by atoms with Gasteiger partial charge in [0.15, 0.2) is 0 Å². The van der Waals surface area contributed by atoms with Crippen LogP contribution in [-0.2, 0) is 11.0 Å². The lowest BCUT2D eigenvalue weighted by Crippen LogP contribution is -2.51. The van der Waals surface area contributed by atoms with Crippen LogP contribution in [0.2, 0.25) is 0 Å². The molecule has 0 aliphatic carbocycles. The van der Waals surface area contributed by atoms with Gasteiger partial charge in [0.25, 0.3) is 0 Å². The third kappa shape index (κ3) is 2.59. The summed E-state index contributed by atoms with van der Waals surface area (Å²) in [5.41, 5.74) is 5.45. The maximum Gasteiger partial charge on any atom is 0.451 e. The van der Waals surface area contributed by atoms with E-state index in [4.69, 9.17) is 5.73 Å². The van der Waals surface area contributed by atoms with Gasteiger partial charge in [0.2, 0.25) is 11.7 Å². The molecule has 1 atom stereocenters. The normalized spacial score (nSPS) is 22.6. The largest absolute Gasteiger partial charge is 0.451 e. The van der Waals surface area contributed by atoms with Crippen LogP contribution in [0.4, 0.5) is 24.8 Å². The van der Waals surface area contributed by atoms with Crippen LogP contribution in [0.1, 0.15) is 18.7 Å². The molecule has 0 bridgehead atoms. The molecule has 6 nitrogen and oxygen atoms in total. The quantitative estimate of drug-likeness (QED) is 0.833. The fourth-order valence-electron chi connectivity index (χ4n) is 2.81. The fraction of sp³-hybridized carbons (Fsp3) is 0.583. The summed E-state index contributed by atoms with van der Waals surface area (Å²) >= 11 is 0. The number of halogens is 3. The number of rotatable bonds is 1. The Bertz CT molecular complexity index is 577. The van der Waals surface area contributed by atoms with Crippen LogP contribution in [0.3, 0.4) is 0 Å². The van der Waals surface area contributed by atoms with Gasteiger partial charge in [-0.2, -0.15) is 13.2 Å². The van der Waals surface area contributed by atoms with E-state index in [2.05, 4.69) is 9.97 Å². The molecule has 2 aliphatic heterocycles. The number of fused-ring (bicyclic) bond motifs is 1. The Morgan fingerprint density at radius 1 is 1.29 bits per heavy atom. The number of piperazine rings is 1. The molecule has 0 saturated carbocycles. The van der Waals surface area contributed by atoms with Crippen LogP contribution < -0.4 is 10.6 Å². The van der Waals surface area contributed by atoms with Crippen LogP contribution in [0, 0.1) is 0 Å². The number of alkyl halides is 3. The molecule has 9 heteroatoms. The molecule has 3 heterocycles. The van der Waals surface area contributed by atoms with Gasteiger partial charge in [-0.3, -0.25) is 4.79 Å². The summed E-state index contributed by atoms with van der Waals surface area (Å²) < 4.78 is 38.2. The number of nitrogens with two attached hydrogens (primary N) is 1. The molecule has 1 unspecified atom stereocenters. The molecule has 2 aliphatic rings. The van der Waals surface area contributed by atoms with E-state index < -0.39 is 12.0 Å². The van der Waals surface area contributed by atoms with Gasteiger partial charge < -0.3 is 15.5 Å². The number of anilines is 2. The van der Waals surface area contributed by atoms with E-state index in [1.165, 1.54) is 6.07 Å². The first-order chi connectivity index (χ1) is 9.84. The zero-order valence-corrected chi connectivity index (χ0v) is 11.1. The maximum absolute atomic E-state index is 12.7. The highest BCUT2D eigenvalue weighted by atomic mass is 19.4. The van der Waals surface area contributed by atoms with Gasteiger partial charge in [0.05, 0.1) is 0 Å². The number of hydrogen-bond acceptors (Lipinski definition) is 5. The second kappa shape index (κ2) is 4.74. The zero-order valence-electron chi connectivity index (χ0n) is 11.1. The number of nitrogen functional groups attached to an aromatic ring is 1. The van der Waals surface area contributed by atoms with Crippen LogP contribution >= 0.6 is 0 Å². The van der Waals surface area contributed by atoms with Gasteiger partial charge >= 0.3 is 6.18 Å². The second-order valence-corrected chi connectivity index (χ2v) is 5.20. The lowest BCUT2D eigenvalue weighted by Gasteiger charge is -2.38. The molecular weight excluding hydrogens is 287 g/mol. The Hall–Kier alpha value is -2.06. The van der Waals surface area contributed by atoms with Crippen molar-refractivity contribution in [1.82, 2.24) is 14.9 Å². The van der Waals surface area contributed by atoms with Crippen molar-refractivity contribution in [2.24, 2.45) is 0 Å². The van der Waals surface area contributed by atoms with Crippen molar-refractivity contribution in [3.8, 4) is 0 Å². The van der Waals surface area contributed by atoms with E-state index in [-0.39, 0.29) is 23.6 Å². The molecule has 0 aromatic carbocycles. The first kappa shape index (κ1) is 13.9. The van der Waals surface area contributed by atoms with Gasteiger partial charge in [-0.05, 0) is 6.42 Å². The second-order valence-electron chi connectivity index (χ2n) is 5.20. The number of carbonyl (C=O) groups is 1. The molecule has 2 N–H and O–H groups in total. The van der Waals surface area contributed by atoms with Crippen LogP contribution in [0.25, 0.3) is 0 Å². The van der Waals surface area contributed by atoms with Crippen molar-refractivity contribution >= 4 is 17.5 Å². The predicted molar refractivity (Wildman–Crippen MR) is 68.4 cm³/mol. The minimum Gasteiger partial charge on any atom is -0.384 e. The summed E-state index contributed by atoms with van der Waals surface area (Å²) in [6.45, 7) is 1.41. The Morgan fingerprint density at radius 2 is 2.05 bits per heavy atom. The number of aromatic nitrogens is 2. The van der Waals surface area contributed by atoms with Crippen molar-refractivity contribution in [2.45, 2.75) is 25.1 Å². The average molecular weight is 301 g/mol. The molecule has 3 rings (SSSR count). The Labute approximate surface area is 118 Å². The van der Waals surface area contributed by atoms with Gasteiger partial charge in [-0.15, -0.1) is 0 Å². The Morgan fingerprint density at radius 3 is 2.76 bits per heavy atom. The molecule has 0 radical (unpaired) electrons. The van der Waals surface area contributed by atoms with Gasteiger partial charge in [0.1, 0.15) is 11.6 Å². The van der Waals surface area contributed by atoms with Gasteiger partial charge in [-0.25, -0.2) is 9.97 Å². The minimum absolute atomic E-state index is 0.0387. The highest BCUT2D eigenvalue weighted by Crippen LogP contribution is 2.30. The standard InChI is InChI=1S/C12H14F3N5O/c13-12(14,15)11-17-8(16)5-9(18-11)19-3-4-20-7(6-19)1-2-10(20)21/h5,7H,1-4,6H2,(H2,16,17,18). The highest BCUT2D eigenvalue weighted by Gasteiger charge is 2.38. The minimum atomic E-state index is -4.63. The number of hydrogen-bond donors (Lipinski definition) is 1. The van der Waals surface area contributed by atoms with E-state index >= 15 is 0 Å². The lowest BCUT2D eigenvalue weighted by molar-refractivity contribution is -0.144. The SMILES string of the molecule is Nc1cc(N2CCN3C(=O)CCC3C2)nc(C(F)(F)F)n1. The third-order valence-corrected chi connectivity index (χ3v) is 3.80. The summed E-state index contributed by atoms with van der Waals surface area (Å²) in [5.74, 6) is -1.17. The first-order valence-electron chi connectivity index (χ1n) is 6.61. The van der Waals surface area contributed by atoms with E-state index in [0.717, 1.165) is 6.42 Å². The topological polar surface area (TPSA) is 75.3 Å². The summed E-state index contributed by atoms with van der Waals surface area (Å²) in [5, 5.41) is 0. The highest BCUT2D eigenvalue weighted by molar-refractivity contribution is 5.79. The third-order valence-electron chi connectivity index (χ3n) is 3.80. The first-order valence-corrected chi connectivity index (χ1v) is 6.61. The summed E-state index contributed by atoms with van der Waals surface area (Å²) in [7, 11) is 0. The zero-order chi connectivity index (χ0) is 15.2. The predicted octanol–water partition coefficient (Wildman–Crippen LogP) is 0.889. The fourth-order valence-corrected chi connectivity index (χ4v) is 2.81. The van der Waals surface area contributed by atoms with Crippen molar-refractivity contribution in [2.75, 3.05) is 30.3 Å². The van der Waals surface area contributed by atoms with E-state index in [0.29, 0.717) is 26.1 Å². The molecule has 2 saturated heterocycles. The Kier molecular flexibility index (Phi) is 3.14. The molecule has 1 amide bonds. The lowest BCUT2D eigenvalue weighted by atomic mass is 10.1. The molecule has 114 valence electrons. The van der Waals surface area contributed by atoms with E-state index in [1.807, 2.05) is 0 Å². The summed E-state index contributed by atoms with van der Waals surface area (Å²) in [6, 6.07) is 1.37. The summed E-state index contributed by atoms with van der Waals surface area (Å²) in [6.07, 6.45) is -3.41. The number of carbonyl (C=O) groups excluding carboxylic acids is 1. The van der Waals surface area contributed by atoms with E-state index in [9.17, 15) is 18.0 Å². The molecule has 21 heavy (non-hydrogen) atoms. The van der Waals surface area contributed by atoms with Gasteiger partial charge in [0, 0.05) is 38.2 Å². The van der Waals surface area contributed by atoms with Gasteiger partial charge in [-0.1, -0.05) is 0 Å². The molecule has 1 aromatic heterocycles. The van der Waals surface area contributed by atoms with Crippen LogP contribution in [0.15, 0.2) is 6.07 Å². The number of amides is 1.